The van der Waals surface area contributed by atoms with Crippen LogP contribution in [0.3, 0.4) is 0 Å². The fraction of sp³-hybridized carbons (Fsp3) is 0.357. The van der Waals surface area contributed by atoms with Crippen molar-refractivity contribution in [3.8, 4) is 0 Å². The number of nitrogens with one attached hydrogen (secondary N) is 1. The first-order chi connectivity index (χ1) is 10.2. The Bertz CT molecular complexity index is 631. The number of anilines is 3. The topological polar surface area (TPSA) is 53.9 Å². The van der Waals surface area contributed by atoms with Gasteiger partial charge in [-0.2, -0.15) is 15.0 Å². The van der Waals surface area contributed by atoms with Crippen LogP contribution >= 0.6 is 27.5 Å². The third-order valence-electron chi connectivity index (χ3n) is 3.32. The van der Waals surface area contributed by atoms with Crippen molar-refractivity contribution < 1.29 is 0 Å². The van der Waals surface area contributed by atoms with E-state index in [4.69, 9.17) is 11.6 Å². The monoisotopic (exact) mass is 367 g/mol. The molecule has 1 aromatic carbocycles. The van der Waals surface area contributed by atoms with E-state index in [0.717, 1.165) is 36.1 Å². The molecule has 21 heavy (non-hydrogen) atoms. The van der Waals surface area contributed by atoms with E-state index in [1.54, 1.807) is 0 Å². The van der Waals surface area contributed by atoms with Gasteiger partial charge in [0, 0.05) is 23.2 Å². The number of piperidine rings is 1. The van der Waals surface area contributed by atoms with E-state index in [1.165, 1.54) is 6.42 Å². The summed E-state index contributed by atoms with van der Waals surface area (Å²) in [6.07, 6.45) is 3.59. The predicted octanol–water partition coefficient (Wildman–Crippen LogP) is 4.02. The average Bonchev–Trinajstić information content (AvgIpc) is 2.47. The van der Waals surface area contributed by atoms with Crippen LogP contribution < -0.4 is 10.2 Å². The second-order valence-corrected chi connectivity index (χ2v) is 6.16. The van der Waals surface area contributed by atoms with Gasteiger partial charge in [0.05, 0.1) is 0 Å². The first-order valence-corrected chi connectivity index (χ1v) is 8.07. The van der Waals surface area contributed by atoms with E-state index in [9.17, 15) is 0 Å². The molecule has 1 aliphatic rings. The van der Waals surface area contributed by atoms with Crippen molar-refractivity contribution in [2.45, 2.75) is 19.3 Å². The Morgan fingerprint density at radius 1 is 1.10 bits per heavy atom. The molecule has 5 nitrogen and oxygen atoms in total. The number of benzene rings is 1. The first kappa shape index (κ1) is 14.5. The van der Waals surface area contributed by atoms with E-state index in [2.05, 4.69) is 41.1 Å². The fourth-order valence-electron chi connectivity index (χ4n) is 2.33. The molecule has 7 heteroatoms. The largest absolute Gasteiger partial charge is 0.341 e. The van der Waals surface area contributed by atoms with Crippen LogP contribution in [-0.4, -0.2) is 28.0 Å². The Labute approximate surface area is 136 Å². The van der Waals surface area contributed by atoms with E-state index in [1.807, 2.05) is 24.3 Å². The number of hydrogen-bond donors (Lipinski definition) is 1. The number of halogens is 2. The molecule has 0 amide bonds. The van der Waals surface area contributed by atoms with Gasteiger partial charge in [0.25, 0.3) is 0 Å². The van der Waals surface area contributed by atoms with Crippen molar-refractivity contribution in [1.82, 2.24) is 15.0 Å². The second kappa shape index (κ2) is 6.58. The third-order valence-corrected chi connectivity index (χ3v) is 3.98. The summed E-state index contributed by atoms with van der Waals surface area (Å²) < 4.78 is 0.990. The second-order valence-electron chi connectivity index (χ2n) is 4.91. The zero-order valence-corrected chi connectivity index (χ0v) is 13.7. The zero-order chi connectivity index (χ0) is 14.7. The molecule has 1 fully saturated rings. The van der Waals surface area contributed by atoms with E-state index >= 15 is 0 Å². The van der Waals surface area contributed by atoms with Gasteiger partial charge < -0.3 is 10.2 Å². The molecule has 1 aromatic heterocycles. The van der Waals surface area contributed by atoms with Gasteiger partial charge in [-0.3, -0.25) is 0 Å². The summed E-state index contributed by atoms with van der Waals surface area (Å²) in [6, 6.07) is 7.81. The molecule has 0 atom stereocenters. The summed E-state index contributed by atoms with van der Waals surface area (Å²) in [5.41, 5.74) is 0.899. The Kier molecular flexibility index (Phi) is 4.55. The summed E-state index contributed by atoms with van der Waals surface area (Å²) in [5.74, 6) is 1.11. The highest BCUT2D eigenvalue weighted by Gasteiger charge is 2.15. The van der Waals surface area contributed by atoms with Crippen molar-refractivity contribution in [2.24, 2.45) is 0 Å². The molecule has 110 valence electrons. The van der Waals surface area contributed by atoms with Gasteiger partial charge in [-0.1, -0.05) is 22.0 Å². The molecule has 0 saturated carbocycles. The van der Waals surface area contributed by atoms with E-state index < -0.39 is 0 Å². The van der Waals surface area contributed by atoms with Gasteiger partial charge >= 0.3 is 0 Å². The SMILES string of the molecule is Clc1nc(Nc2cccc(Br)c2)nc(N2CCCCC2)n1. The van der Waals surface area contributed by atoms with Crippen molar-refractivity contribution in [1.29, 1.82) is 0 Å². The minimum Gasteiger partial charge on any atom is -0.341 e. The summed E-state index contributed by atoms with van der Waals surface area (Å²) >= 11 is 9.47. The van der Waals surface area contributed by atoms with Crippen molar-refractivity contribution in [2.75, 3.05) is 23.3 Å². The third kappa shape index (κ3) is 3.83. The molecule has 0 unspecified atom stereocenters. The summed E-state index contributed by atoms with van der Waals surface area (Å²) in [4.78, 5) is 15.0. The lowest BCUT2D eigenvalue weighted by molar-refractivity contribution is 0.567. The fourth-order valence-corrected chi connectivity index (χ4v) is 2.88. The minimum atomic E-state index is 0.211. The van der Waals surface area contributed by atoms with Gasteiger partial charge in [0.15, 0.2) is 0 Å². The number of rotatable bonds is 3. The van der Waals surface area contributed by atoms with Gasteiger partial charge in [-0.25, -0.2) is 0 Å². The molecule has 0 bridgehead atoms. The number of nitrogens with zero attached hydrogens (tertiary/aromatic N) is 4. The maximum Gasteiger partial charge on any atom is 0.233 e. The Hall–Kier alpha value is -1.40. The highest BCUT2D eigenvalue weighted by Crippen LogP contribution is 2.22. The molecule has 3 rings (SSSR count). The Morgan fingerprint density at radius 2 is 1.90 bits per heavy atom. The van der Waals surface area contributed by atoms with Crippen LogP contribution in [0.25, 0.3) is 0 Å². The normalized spacial score (nSPS) is 15.0. The maximum atomic E-state index is 6.03. The van der Waals surface area contributed by atoms with Crippen LogP contribution in [-0.2, 0) is 0 Å². The lowest BCUT2D eigenvalue weighted by Crippen LogP contribution is -2.31. The molecule has 2 aromatic rings. The van der Waals surface area contributed by atoms with E-state index in [-0.39, 0.29) is 5.28 Å². The van der Waals surface area contributed by atoms with Crippen LogP contribution in [0.1, 0.15) is 19.3 Å². The lowest BCUT2D eigenvalue weighted by Gasteiger charge is -2.26. The first-order valence-electron chi connectivity index (χ1n) is 6.90. The molecule has 1 saturated heterocycles. The molecule has 2 heterocycles. The van der Waals surface area contributed by atoms with Crippen LogP contribution in [0.5, 0.6) is 0 Å². The smallest absolute Gasteiger partial charge is 0.233 e. The van der Waals surface area contributed by atoms with Crippen molar-refractivity contribution in [3.63, 3.8) is 0 Å². The molecule has 0 radical (unpaired) electrons. The Balaban J connectivity index is 1.83. The molecule has 0 spiro atoms. The zero-order valence-electron chi connectivity index (χ0n) is 11.4. The molecular formula is C14H15BrClN5. The van der Waals surface area contributed by atoms with Crippen molar-refractivity contribution >= 4 is 45.1 Å². The molecule has 1 aliphatic heterocycles. The number of hydrogen-bond acceptors (Lipinski definition) is 5. The van der Waals surface area contributed by atoms with Gasteiger partial charge in [0.1, 0.15) is 0 Å². The molecular weight excluding hydrogens is 354 g/mol. The van der Waals surface area contributed by atoms with Crippen LogP contribution in [0, 0.1) is 0 Å². The molecule has 1 N–H and O–H groups in total. The highest BCUT2D eigenvalue weighted by molar-refractivity contribution is 9.10. The highest BCUT2D eigenvalue weighted by atomic mass is 79.9. The van der Waals surface area contributed by atoms with Gasteiger partial charge in [0.2, 0.25) is 17.2 Å². The van der Waals surface area contributed by atoms with Gasteiger partial charge in [-0.05, 0) is 49.1 Å². The molecule has 0 aliphatic carbocycles. The van der Waals surface area contributed by atoms with E-state index in [0.29, 0.717) is 11.9 Å². The summed E-state index contributed by atoms with van der Waals surface area (Å²) in [6.45, 7) is 1.94. The maximum absolute atomic E-state index is 6.03. The van der Waals surface area contributed by atoms with Crippen LogP contribution in [0.2, 0.25) is 5.28 Å². The number of aromatic nitrogens is 3. The van der Waals surface area contributed by atoms with Crippen LogP contribution in [0.15, 0.2) is 28.7 Å². The van der Waals surface area contributed by atoms with Gasteiger partial charge in [-0.15, -0.1) is 0 Å². The Morgan fingerprint density at radius 3 is 2.67 bits per heavy atom. The summed E-state index contributed by atoms with van der Waals surface area (Å²) in [7, 11) is 0. The standard InChI is InChI=1S/C14H15BrClN5/c15-10-5-4-6-11(9-10)17-13-18-12(16)19-14(20-13)21-7-2-1-3-8-21/h4-6,9H,1-3,7-8H2,(H,17,18,19,20). The lowest BCUT2D eigenvalue weighted by atomic mass is 10.1. The minimum absolute atomic E-state index is 0.211. The van der Waals surface area contributed by atoms with Crippen LogP contribution in [0.4, 0.5) is 17.6 Å². The summed E-state index contributed by atoms with van der Waals surface area (Å²) in [5, 5.41) is 3.37. The quantitative estimate of drug-likeness (QED) is 0.886. The predicted molar refractivity (Wildman–Crippen MR) is 88.3 cm³/mol. The average molecular weight is 369 g/mol. The van der Waals surface area contributed by atoms with Crippen molar-refractivity contribution in [3.05, 3.63) is 34.0 Å².